The maximum Gasteiger partial charge on any atom is 0.234 e. The minimum absolute atomic E-state index is 0.0826. The van der Waals surface area contributed by atoms with Crippen LogP contribution in [0.3, 0.4) is 0 Å². The summed E-state index contributed by atoms with van der Waals surface area (Å²) >= 11 is 0. The Bertz CT molecular complexity index is 694. The zero-order valence-corrected chi connectivity index (χ0v) is 15.1. The lowest BCUT2D eigenvalue weighted by Gasteiger charge is -2.33. The number of rotatable bonds is 7. The van der Waals surface area contributed by atoms with Crippen LogP contribution in [-0.2, 0) is 11.3 Å². The van der Waals surface area contributed by atoms with Crippen molar-refractivity contribution in [1.82, 2.24) is 20.1 Å². The molecule has 0 spiro atoms. The number of nitrogens with one attached hydrogen (secondary N) is 1. The molecule has 0 aliphatic carbocycles. The lowest BCUT2D eigenvalue weighted by atomic mass is 10.2. The summed E-state index contributed by atoms with van der Waals surface area (Å²) in [5.41, 5.74) is 2.31. The Morgan fingerprint density at radius 3 is 2.42 bits per heavy atom. The standard InChI is InChI=1S/C21H26N4O/c26-21(23-17-20-8-10-22-11-9-20)18-25-15-13-24(14-16-25)12-4-7-19-5-2-1-3-6-19/h1-11H,12-18H2,(H,23,26)/b7-4+. The van der Waals surface area contributed by atoms with E-state index in [0.29, 0.717) is 13.1 Å². The number of nitrogens with zero attached hydrogens (tertiary/aromatic N) is 3. The zero-order chi connectivity index (χ0) is 18.0. The number of carbonyl (C=O) groups excluding carboxylic acids is 1. The van der Waals surface area contributed by atoms with Crippen LogP contribution in [0.15, 0.2) is 60.9 Å². The molecule has 3 rings (SSSR count). The first-order valence-corrected chi connectivity index (χ1v) is 9.11. The highest BCUT2D eigenvalue weighted by Crippen LogP contribution is 2.04. The van der Waals surface area contributed by atoms with Crippen LogP contribution in [0.25, 0.3) is 6.08 Å². The fourth-order valence-corrected chi connectivity index (χ4v) is 2.99. The minimum Gasteiger partial charge on any atom is -0.351 e. The van der Waals surface area contributed by atoms with Crippen LogP contribution >= 0.6 is 0 Å². The second kappa shape index (κ2) is 9.85. The first kappa shape index (κ1) is 18.3. The van der Waals surface area contributed by atoms with Crippen molar-refractivity contribution in [2.24, 2.45) is 0 Å². The minimum atomic E-state index is 0.0826. The smallest absolute Gasteiger partial charge is 0.234 e. The normalized spacial score (nSPS) is 16.0. The molecule has 2 heterocycles. The number of pyridine rings is 1. The van der Waals surface area contributed by atoms with Gasteiger partial charge in [0, 0.05) is 51.7 Å². The zero-order valence-electron chi connectivity index (χ0n) is 15.1. The van der Waals surface area contributed by atoms with Crippen LogP contribution < -0.4 is 5.32 Å². The van der Waals surface area contributed by atoms with E-state index in [9.17, 15) is 4.79 Å². The monoisotopic (exact) mass is 350 g/mol. The molecular weight excluding hydrogens is 324 g/mol. The Labute approximate surface area is 155 Å². The van der Waals surface area contributed by atoms with Gasteiger partial charge in [-0.3, -0.25) is 19.6 Å². The van der Waals surface area contributed by atoms with Crippen LogP contribution in [0, 0.1) is 0 Å². The van der Waals surface area contributed by atoms with E-state index in [-0.39, 0.29) is 5.91 Å². The van der Waals surface area contributed by atoms with Crippen molar-refractivity contribution >= 4 is 12.0 Å². The molecule has 0 bridgehead atoms. The van der Waals surface area contributed by atoms with E-state index in [0.717, 1.165) is 38.3 Å². The fourth-order valence-electron chi connectivity index (χ4n) is 2.99. The Morgan fingerprint density at radius 2 is 1.69 bits per heavy atom. The predicted octanol–water partition coefficient (Wildman–Crippen LogP) is 2.03. The highest BCUT2D eigenvalue weighted by molar-refractivity contribution is 5.78. The topological polar surface area (TPSA) is 48.5 Å². The average molecular weight is 350 g/mol. The van der Waals surface area contributed by atoms with Crippen LogP contribution in [-0.4, -0.2) is 60.0 Å². The lowest BCUT2D eigenvalue weighted by Crippen LogP contribution is -2.49. The number of piperazine rings is 1. The predicted molar refractivity (Wildman–Crippen MR) is 104 cm³/mol. The molecule has 1 saturated heterocycles. The quantitative estimate of drug-likeness (QED) is 0.830. The van der Waals surface area contributed by atoms with Crippen molar-refractivity contribution in [2.75, 3.05) is 39.3 Å². The van der Waals surface area contributed by atoms with E-state index in [2.05, 4.69) is 56.5 Å². The Balaban J connectivity index is 1.33. The molecule has 136 valence electrons. The van der Waals surface area contributed by atoms with E-state index in [1.165, 1.54) is 5.56 Å². The largest absolute Gasteiger partial charge is 0.351 e. The average Bonchev–Trinajstić information content (AvgIpc) is 2.69. The van der Waals surface area contributed by atoms with Gasteiger partial charge in [-0.25, -0.2) is 0 Å². The number of hydrogen-bond donors (Lipinski definition) is 1. The van der Waals surface area contributed by atoms with Crippen LogP contribution in [0.5, 0.6) is 0 Å². The van der Waals surface area contributed by atoms with Gasteiger partial charge in [0.15, 0.2) is 0 Å². The molecule has 2 aromatic rings. The molecule has 1 aromatic carbocycles. The van der Waals surface area contributed by atoms with E-state index in [4.69, 9.17) is 0 Å². The van der Waals surface area contributed by atoms with Crippen molar-refractivity contribution in [3.8, 4) is 0 Å². The number of amides is 1. The molecule has 5 heteroatoms. The van der Waals surface area contributed by atoms with E-state index in [1.807, 2.05) is 18.2 Å². The molecule has 1 aliphatic heterocycles. The highest BCUT2D eigenvalue weighted by Gasteiger charge is 2.17. The van der Waals surface area contributed by atoms with Crippen molar-refractivity contribution in [2.45, 2.75) is 6.54 Å². The maximum absolute atomic E-state index is 12.1. The molecule has 1 aromatic heterocycles. The molecule has 0 unspecified atom stereocenters. The van der Waals surface area contributed by atoms with Gasteiger partial charge in [-0.1, -0.05) is 42.5 Å². The summed E-state index contributed by atoms with van der Waals surface area (Å²) in [5.74, 6) is 0.0826. The van der Waals surface area contributed by atoms with Crippen molar-refractivity contribution in [1.29, 1.82) is 0 Å². The Hall–Kier alpha value is -2.50. The molecule has 0 radical (unpaired) electrons. The molecule has 1 amide bonds. The SMILES string of the molecule is O=C(CN1CCN(C/C=C/c2ccccc2)CC1)NCc1ccncc1. The first-order chi connectivity index (χ1) is 12.8. The van der Waals surface area contributed by atoms with Gasteiger partial charge in [0.1, 0.15) is 0 Å². The second-order valence-corrected chi connectivity index (χ2v) is 6.52. The number of hydrogen-bond acceptors (Lipinski definition) is 4. The van der Waals surface area contributed by atoms with Gasteiger partial charge >= 0.3 is 0 Å². The summed E-state index contributed by atoms with van der Waals surface area (Å²) in [6.07, 6.45) is 7.87. The van der Waals surface area contributed by atoms with Gasteiger partial charge in [-0.2, -0.15) is 0 Å². The summed E-state index contributed by atoms with van der Waals surface area (Å²) < 4.78 is 0. The molecule has 26 heavy (non-hydrogen) atoms. The third kappa shape index (κ3) is 6.10. The van der Waals surface area contributed by atoms with E-state index < -0.39 is 0 Å². The second-order valence-electron chi connectivity index (χ2n) is 6.52. The molecule has 1 N–H and O–H groups in total. The molecule has 1 fully saturated rings. The number of benzene rings is 1. The Kier molecular flexibility index (Phi) is 6.93. The van der Waals surface area contributed by atoms with Crippen LogP contribution in [0.4, 0.5) is 0 Å². The summed E-state index contributed by atoms with van der Waals surface area (Å²) in [6, 6.07) is 14.2. The van der Waals surface area contributed by atoms with Gasteiger partial charge < -0.3 is 5.32 Å². The van der Waals surface area contributed by atoms with E-state index >= 15 is 0 Å². The maximum atomic E-state index is 12.1. The first-order valence-electron chi connectivity index (χ1n) is 9.11. The number of carbonyl (C=O) groups is 1. The molecule has 0 saturated carbocycles. The number of aromatic nitrogens is 1. The third-order valence-electron chi connectivity index (χ3n) is 4.54. The van der Waals surface area contributed by atoms with Gasteiger partial charge in [-0.15, -0.1) is 0 Å². The summed E-state index contributed by atoms with van der Waals surface area (Å²) in [5, 5.41) is 2.98. The van der Waals surface area contributed by atoms with Gasteiger partial charge in [0.25, 0.3) is 0 Å². The van der Waals surface area contributed by atoms with Gasteiger partial charge in [-0.05, 0) is 23.3 Å². The fraction of sp³-hybridized carbons (Fsp3) is 0.333. The molecule has 1 aliphatic rings. The molecule has 0 atom stereocenters. The van der Waals surface area contributed by atoms with Crippen molar-refractivity contribution in [3.63, 3.8) is 0 Å². The van der Waals surface area contributed by atoms with Crippen molar-refractivity contribution in [3.05, 3.63) is 72.1 Å². The third-order valence-corrected chi connectivity index (χ3v) is 4.54. The summed E-state index contributed by atoms with van der Waals surface area (Å²) in [6.45, 7) is 5.85. The van der Waals surface area contributed by atoms with E-state index in [1.54, 1.807) is 12.4 Å². The molecular formula is C21H26N4O. The summed E-state index contributed by atoms with van der Waals surface area (Å²) in [4.78, 5) is 20.7. The van der Waals surface area contributed by atoms with Crippen molar-refractivity contribution < 1.29 is 4.79 Å². The van der Waals surface area contributed by atoms with Crippen LogP contribution in [0.1, 0.15) is 11.1 Å². The van der Waals surface area contributed by atoms with Gasteiger partial charge in [0.05, 0.1) is 6.54 Å². The van der Waals surface area contributed by atoms with Gasteiger partial charge in [0.2, 0.25) is 5.91 Å². The highest BCUT2D eigenvalue weighted by atomic mass is 16.2. The lowest BCUT2D eigenvalue weighted by molar-refractivity contribution is -0.122. The Morgan fingerprint density at radius 1 is 1.00 bits per heavy atom. The summed E-state index contributed by atoms with van der Waals surface area (Å²) in [7, 11) is 0. The molecule has 5 nitrogen and oxygen atoms in total. The van der Waals surface area contributed by atoms with Crippen LogP contribution in [0.2, 0.25) is 0 Å².